The van der Waals surface area contributed by atoms with Crippen molar-refractivity contribution in [3.05, 3.63) is 47.7 Å². The van der Waals surface area contributed by atoms with Gasteiger partial charge in [-0.3, -0.25) is 4.79 Å². The zero-order valence-corrected chi connectivity index (χ0v) is 12.3. The molecule has 2 aromatic rings. The number of amides is 1. The van der Waals surface area contributed by atoms with E-state index in [9.17, 15) is 18.3 Å². The SMILES string of the molecule is Cc1ccc(S(C)(=O)=O)cc1C(=O)Nc1ncccc1O. The number of hydrogen-bond acceptors (Lipinski definition) is 5. The maximum absolute atomic E-state index is 12.2. The lowest BCUT2D eigenvalue weighted by Crippen LogP contribution is -2.15. The number of carbonyl (C=O) groups excluding carboxylic acids is 1. The van der Waals surface area contributed by atoms with Crippen LogP contribution >= 0.6 is 0 Å². The van der Waals surface area contributed by atoms with Gasteiger partial charge in [0.25, 0.3) is 5.91 Å². The Morgan fingerprint density at radius 1 is 1.29 bits per heavy atom. The molecule has 0 spiro atoms. The number of carbonyl (C=O) groups is 1. The first kappa shape index (κ1) is 15.0. The van der Waals surface area contributed by atoms with Gasteiger partial charge in [-0.15, -0.1) is 0 Å². The molecule has 1 aromatic carbocycles. The number of benzene rings is 1. The molecule has 0 aliphatic carbocycles. The average Bonchev–Trinajstić information content (AvgIpc) is 2.40. The molecular weight excluding hydrogens is 292 g/mol. The van der Waals surface area contributed by atoms with E-state index in [4.69, 9.17) is 0 Å². The van der Waals surface area contributed by atoms with E-state index in [2.05, 4.69) is 10.3 Å². The Hall–Kier alpha value is -2.41. The van der Waals surface area contributed by atoms with E-state index in [0.717, 1.165) is 6.26 Å². The maximum atomic E-state index is 12.2. The summed E-state index contributed by atoms with van der Waals surface area (Å²) in [7, 11) is -3.40. The van der Waals surface area contributed by atoms with Gasteiger partial charge in [0.2, 0.25) is 0 Å². The molecule has 1 aromatic heterocycles. The van der Waals surface area contributed by atoms with Crippen LogP contribution in [0.1, 0.15) is 15.9 Å². The molecule has 21 heavy (non-hydrogen) atoms. The molecule has 1 heterocycles. The van der Waals surface area contributed by atoms with Crippen LogP contribution < -0.4 is 5.32 Å². The fourth-order valence-electron chi connectivity index (χ4n) is 1.74. The molecule has 0 radical (unpaired) electrons. The number of aromatic nitrogens is 1. The summed E-state index contributed by atoms with van der Waals surface area (Å²) in [6.45, 7) is 1.69. The summed E-state index contributed by atoms with van der Waals surface area (Å²) >= 11 is 0. The van der Waals surface area contributed by atoms with Crippen LogP contribution in [0, 0.1) is 6.92 Å². The van der Waals surface area contributed by atoms with Crippen LogP contribution in [0.15, 0.2) is 41.4 Å². The van der Waals surface area contributed by atoms with E-state index in [0.29, 0.717) is 5.56 Å². The summed E-state index contributed by atoms with van der Waals surface area (Å²) < 4.78 is 23.1. The van der Waals surface area contributed by atoms with Crippen LogP contribution in [-0.4, -0.2) is 30.7 Å². The monoisotopic (exact) mass is 306 g/mol. The van der Waals surface area contributed by atoms with Crippen molar-refractivity contribution < 1.29 is 18.3 Å². The number of anilines is 1. The van der Waals surface area contributed by atoms with Gasteiger partial charge >= 0.3 is 0 Å². The number of aromatic hydroxyl groups is 1. The second-order valence-corrected chi connectivity index (χ2v) is 6.59. The summed E-state index contributed by atoms with van der Waals surface area (Å²) in [5, 5.41) is 12.0. The Balaban J connectivity index is 2.38. The minimum absolute atomic E-state index is 0.0201. The number of rotatable bonds is 3. The van der Waals surface area contributed by atoms with Gasteiger partial charge in [0.1, 0.15) is 0 Å². The Morgan fingerprint density at radius 3 is 2.62 bits per heavy atom. The van der Waals surface area contributed by atoms with Crippen LogP contribution in [0.5, 0.6) is 5.75 Å². The maximum Gasteiger partial charge on any atom is 0.257 e. The van der Waals surface area contributed by atoms with Gasteiger partial charge in [-0.2, -0.15) is 0 Å². The highest BCUT2D eigenvalue weighted by molar-refractivity contribution is 7.90. The largest absolute Gasteiger partial charge is 0.504 e. The fraction of sp³-hybridized carbons (Fsp3) is 0.143. The molecule has 0 saturated carbocycles. The van der Waals surface area contributed by atoms with Crippen molar-refractivity contribution in [3.63, 3.8) is 0 Å². The first-order valence-corrected chi connectivity index (χ1v) is 7.94. The molecule has 110 valence electrons. The molecule has 2 N–H and O–H groups in total. The van der Waals surface area contributed by atoms with Gasteiger partial charge < -0.3 is 10.4 Å². The Bertz CT molecular complexity index is 800. The summed E-state index contributed by atoms with van der Waals surface area (Å²) in [6, 6.07) is 7.23. The van der Waals surface area contributed by atoms with Gasteiger partial charge in [-0.25, -0.2) is 13.4 Å². The van der Waals surface area contributed by atoms with Gasteiger partial charge in [-0.1, -0.05) is 6.07 Å². The summed E-state index contributed by atoms with van der Waals surface area (Å²) in [5.41, 5.74) is 0.832. The molecule has 6 nitrogen and oxygen atoms in total. The zero-order chi connectivity index (χ0) is 15.6. The van der Waals surface area contributed by atoms with Crippen molar-refractivity contribution in [2.45, 2.75) is 11.8 Å². The number of nitrogens with zero attached hydrogens (tertiary/aromatic N) is 1. The highest BCUT2D eigenvalue weighted by atomic mass is 32.2. The predicted octanol–water partition coefficient (Wildman–Crippen LogP) is 1.75. The second-order valence-electron chi connectivity index (χ2n) is 4.57. The van der Waals surface area contributed by atoms with Crippen LogP contribution in [-0.2, 0) is 9.84 Å². The molecular formula is C14H14N2O4S. The molecule has 2 rings (SSSR count). The third-order valence-corrected chi connectivity index (χ3v) is 4.01. The Morgan fingerprint density at radius 2 is 2.00 bits per heavy atom. The van der Waals surface area contributed by atoms with Crippen molar-refractivity contribution in [2.75, 3.05) is 11.6 Å². The van der Waals surface area contributed by atoms with Crippen molar-refractivity contribution in [3.8, 4) is 5.75 Å². The topological polar surface area (TPSA) is 96.4 Å². The highest BCUT2D eigenvalue weighted by Crippen LogP contribution is 2.21. The molecule has 0 aliphatic rings. The van der Waals surface area contributed by atoms with Crippen molar-refractivity contribution >= 4 is 21.6 Å². The molecule has 0 fully saturated rings. The van der Waals surface area contributed by atoms with Gasteiger partial charge in [0.05, 0.1) is 4.90 Å². The van der Waals surface area contributed by atoms with Crippen LogP contribution in [0.2, 0.25) is 0 Å². The number of aryl methyl sites for hydroxylation is 1. The average molecular weight is 306 g/mol. The molecule has 0 saturated heterocycles. The van der Waals surface area contributed by atoms with E-state index in [1.54, 1.807) is 13.0 Å². The zero-order valence-electron chi connectivity index (χ0n) is 11.5. The number of hydrogen-bond donors (Lipinski definition) is 2. The van der Waals surface area contributed by atoms with E-state index in [-0.39, 0.29) is 22.0 Å². The Labute approximate surface area is 122 Å². The summed E-state index contributed by atoms with van der Waals surface area (Å²) in [6.07, 6.45) is 2.50. The quantitative estimate of drug-likeness (QED) is 0.900. The predicted molar refractivity (Wildman–Crippen MR) is 78.1 cm³/mol. The molecule has 7 heteroatoms. The van der Waals surface area contributed by atoms with Crippen LogP contribution in [0.4, 0.5) is 5.82 Å². The molecule has 0 aliphatic heterocycles. The van der Waals surface area contributed by atoms with E-state index < -0.39 is 15.7 Å². The van der Waals surface area contributed by atoms with Crippen molar-refractivity contribution in [1.29, 1.82) is 0 Å². The van der Waals surface area contributed by atoms with E-state index in [1.807, 2.05) is 0 Å². The summed E-state index contributed by atoms with van der Waals surface area (Å²) in [5.74, 6) is -0.679. The third-order valence-electron chi connectivity index (χ3n) is 2.90. The number of pyridine rings is 1. The van der Waals surface area contributed by atoms with Crippen molar-refractivity contribution in [1.82, 2.24) is 4.98 Å². The van der Waals surface area contributed by atoms with Gasteiger partial charge in [-0.05, 0) is 36.8 Å². The lowest BCUT2D eigenvalue weighted by molar-refractivity contribution is 0.102. The lowest BCUT2D eigenvalue weighted by Gasteiger charge is -2.09. The fourth-order valence-corrected chi connectivity index (χ4v) is 2.39. The van der Waals surface area contributed by atoms with E-state index >= 15 is 0 Å². The van der Waals surface area contributed by atoms with Crippen molar-refractivity contribution in [2.24, 2.45) is 0 Å². The number of nitrogens with one attached hydrogen (secondary N) is 1. The molecule has 1 amide bonds. The van der Waals surface area contributed by atoms with Crippen LogP contribution in [0.3, 0.4) is 0 Å². The van der Waals surface area contributed by atoms with Crippen LogP contribution in [0.25, 0.3) is 0 Å². The lowest BCUT2D eigenvalue weighted by atomic mass is 10.1. The minimum Gasteiger partial charge on any atom is -0.504 e. The smallest absolute Gasteiger partial charge is 0.257 e. The molecule has 0 atom stereocenters. The summed E-state index contributed by atoms with van der Waals surface area (Å²) in [4.78, 5) is 16.1. The third kappa shape index (κ3) is 3.38. The number of sulfone groups is 1. The van der Waals surface area contributed by atoms with Gasteiger partial charge in [0, 0.05) is 18.0 Å². The molecule has 0 unspecified atom stereocenters. The van der Waals surface area contributed by atoms with E-state index in [1.165, 1.54) is 30.5 Å². The Kier molecular flexibility index (Phi) is 3.95. The minimum atomic E-state index is -3.40. The first-order valence-electron chi connectivity index (χ1n) is 6.05. The standard InChI is InChI=1S/C14H14N2O4S/c1-9-5-6-10(21(2,19)20)8-11(9)14(18)16-13-12(17)4-3-7-15-13/h3-8,17H,1-2H3,(H,15,16,18). The normalized spacial score (nSPS) is 11.1. The van der Waals surface area contributed by atoms with Gasteiger partial charge in [0.15, 0.2) is 21.4 Å². The highest BCUT2D eigenvalue weighted by Gasteiger charge is 2.16. The second kappa shape index (κ2) is 5.53. The molecule has 0 bridgehead atoms. The first-order chi connectivity index (χ1) is 9.79.